The number of carbonyl (C=O) groups excluding carboxylic acids is 2. The van der Waals surface area contributed by atoms with E-state index in [0.717, 1.165) is 4.68 Å². The molecular formula is C21H19N4O6S-. The van der Waals surface area contributed by atoms with E-state index in [9.17, 15) is 27.9 Å². The molecule has 1 saturated heterocycles. The van der Waals surface area contributed by atoms with Crippen LogP contribution in [-0.4, -0.2) is 65.5 Å². The lowest BCUT2D eigenvalue weighted by molar-refractivity contribution is -0.255. The SMILES string of the molecule is O=C([O-])c1nn(CC(=O)N2CCN(S(=O)(=O)c3ccccc3)CC2)c(=O)c2ccccc12. The summed E-state index contributed by atoms with van der Waals surface area (Å²) >= 11 is 0. The summed E-state index contributed by atoms with van der Waals surface area (Å²) in [4.78, 5) is 38.5. The second-order valence-electron chi connectivity index (χ2n) is 7.24. The van der Waals surface area contributed by atoms with Crippen LogP contribution in [0.3, 0.4) is 0 Å². The zero-order chi connectivity index (χ0) is 22.9. The van der Waals surface area contributed by atoms with Gasteiger partial charge in [0.15, 0.2) is 0 Å². The first-order valence-electron chi connectivity index (χ1n) is 9.83. The van der Waals surface area contributed by atoms with Crippen molar-refractivity contribution in [2.75, 3.05) is 26.2 Å². The summed E-state index contributed by atoms with van der Waals surface area (Å²) in [5.41, 5.74) is -1.02. The monoisotopic (exact) mass is 455 g/mol. The Balaban J connectivity index is 1.50. The van der Waals surface area contributed by atoms with E-state index in [1.807, 2.05) is 0 Å². The minimum absolute atomic E-state index is 0.104. The fourth-order valence-electron chi connectivity index (χ4n) is 3.64. The zero-order valence-electron chi connectivity index (χ0n) is 16.9. The van der Waals surface area contributed by atoms with E-state index in [4.69, 9.17) is 0 Å². The van der Waals surface area contributed by atoms with Crippen LogP contribution < -0.4 is 10.7 Å². The van der Waals surface area contributed by atoms with Gasteiger partial charge in [-0.15, -0.1) is 0 Å². The number of aromatic carboxylic acids is 1. The highest BCUT2D eigenvalue weighted by molar-refractivity contribution is 7.89. The molecule has 0 unspecified atom stereocenters. The molecule has 0 aliphatic carbocycles. The fourth-order valence-corrected chi connectivity index (χ4v) is 5.08. The number of hydrogen-bond acceptors (Lipinski definition) is 7. The van der Waals surface area contributed by atoms with E-state index in [1.165, 1.54) is 33.5 Å². The smallest absolute Gasteiger partial charge is 0.275 e. The van der Waals surface area contributed by atoms with Crippen LogP contribution in [0.2, 0.25) is 0 Å². The Bertz CT molecular complexity index is 1350. The summed E-state index contributed by atoms with van der Waals surface area (Å²) < 4.78 is 27.6. The Morgan fingerprint density at radius 3 is 2.12 bits per heavy atom. The number of amides is 1. The van der Waals surface area contributed by atoms with Gasteiger partial charge in [0.05, 0.1) is 16.3 Å². The summed E-state index contributed by atoms with van der Waals surface area (Å²) in [5, 5.41) is 15.5. The second kappa shape index (κ2) is 8.52. The molecule has 11 heteroatoms. The van der Waals surface area contributed by atoms with Crippen LogP contribution in [0.25, 0.3) is 10.8 Å². The molecule has 4 rings (SSSR count). The Labute approximate surface area is 183 Å². The van der Waals surface area contributed by atoms with Gasteiger partial charge < -0.3 is 14.8 Å². The van der Waals surface area contributed by atoms with E-state index in [0.29, 0.717) is 0 Å². The van der Waals surface area contributed by atoms with Gasteiger partial charge in [-0.1, -0.05) is 36.4 Å². The van der Waals surface area contributed by atoms with Gasteiger partial charge in [0, 0.05) is 31.6 Å². The molecule has 10 nitrogen and oxygen atoms in total. The maximum atomic E-state index is 12.8. The molecule has 1 aliphatic heterocycles. The lowest BCUT2D eigenvalue weighted by Gasteiger charge is -2.34. The van der Waals surface area contributed by atoms with E-state index in [2.05, 4.69) is 5.10 Å². The van der Waals surface area contributed by atoms with Gasteiger partial charge in [0.25, 0.3) is 5.56 Å². The number of rotatable bonds is 5. The van der Waals surface area contributed by atoms with Crippen molar-refractivity contribution in [3.63, 3.8) is 0 Å². The first-order chi connectivity index (χ1) is 15.3. The molecule has 0 bridgehead atoms. The highest BCUT2D eigenvalue weighted by Crippen LogP contribution is 2.17. The van der Waals surface area contributed by atoms with Crippen LogP contribution in [-0.2, 0) is 21.4 Å². The molecule has 166 valence electrons. The molecule has 2 heterocycles. The van der Waals surface area contributed by atoms with Crippen LogP contribution in [0, 0.1) is 0 Å². The van der Waals surface area contributed by atoms with Crippen molar-refractivity contribution < 1.29 is 23.1 Å². The largest absolute Gasteiger partial charge is 0.543 e. The first kappa shape index (κ1) is 21.7. The second-order valence-corrected chi connectivity index (χ2v) is 9.18. The van der Waals surface area contributed by atoms with Gasteiger partial charge in [-0.25, -0.2) is 13.1 Å². The number of sulfonamides is 1. The molecule has 1 amide bonds. The molecule has 2 aromatic carbocycles. The maximum Gasteiger partial charge on any atom is 0.275 e. The minimum Gasteiger partial charge on any atom is -0.543 e. The number of carboxylic acids is 1. The van der Waals surface area contributed by atoms with Crippen molar-refractivity contribution in [3.05, 3.63) is 70.6 Å². The van der Waals surface area contributed by atoms with Gasteiger partial charge in [0.1, 0.15) is 12.2 Å². The van der Waals surface area contributed by atoms with Crippen LogP contribution in [0.1, 0.15) is 10.5 Å². The van der Waals surface area contributed by atoms with Crippen molar-refractivity contribution in [1.29, 1.82) is 0 Å². The molecule has 0 spiro atoms. The standard InChI is InChI=1S/C21H20N4O6S/c26-18(14-25-20(27)17-9-5-4-8-16(17)19(22-25)21(28)29)23-10-12-24(13-11-23)32(30,31)15-6-2-1-3-7-15/h1-9H,10-14H2,(H,28,29)/p-1. The van der Waals surface area contributed by atoms with E-state index >= 15 is 0 Å². The molecule has 1 fully saturated rings. The van der Waals surface area contributed by atoms with Gasteiger partial charge in [-0.2, -0.15) is 9.40 Å². The van der Waals surface area contributed by atoms with Crippen molar-refractivity contribution in [1.82, 2.24) is 19.0 Å². The topological polar surface area (TPSA) is 133 Å². The average Bonchev–Trinajstić information content (AvgIpc) is 2.81. The third kappa shape index (κ3) is 3.99. The lowest BCUT2D eigenvalue weighted by Crippen LogP contribution is -2.51. The Morgan fingerprint density at radius 2 is 1.50 bits per heavy atom. The van der Waals surface area contributed by atoms with Crippen LogP contribution in [0.4, 0.5) is 0 Å². The van der Waals surface area contributed by atoms with Gasteiger partial charge in [0.2, 0.25) is 15.9 Å². The molecule has 32 heavy (non-hydrogen) atoms. The molecule has 3 aromatic rings. The quantitative estimate of drug-likeness (QED) is 0.496. The van der Waals surface area contributed by atoms with Crippen LogP contribution in [0.5, 0.6) is 0 Å². The molecule has 0 N–H and O–H groups in total. The predicted octanol–water partition coefficient (Wildman–Crippen LogP) is -0.707. The molecule has 0 atom stereocenters. The molecule has 0 saturated carbocycles. The highest BCUT2D eigenvalue weighted by atomic mass is 32.2. The number of carboxylic acid groups (broad SMARTS) is 1. The van der Waals surface area contributed by atoms with E-state index in [1.54, 1.807) is 30.3 Å². The first-order valence-corrected chi connectivity index (χ1v) is 11.3. The molecule has 0 radical (unpaired) electrons. The van der Waals surface area contributed by atoms with Gasteiger partial charge in [-0.05, 0) is 18.2 Å². The Kier molecular flexibility index (Phi) is 5.76. The van der Waals surface area contributed by atoms with Crippen molar-refractivity contribution in [2.24, 2.45) is 0 Å². The maximum absolute atomic E-state index is 12.8. The van der Waals surface area contributed by atoms with Crippen molar-refractivity contribution >= 4 is 32.7 Å². The number of nitrogens with zero attached hydrogens (tertiary/aromatic N) is 4. The van der Waals surface area contributed by atoms with Crippen LogP contribution in [0.15, 0.2) is 64.3 Å². The molecular weight excluding hydrogens is 436 g/mol. The Hall–Kier alpha value is -3.57. The number of fused-ring (bicyclic) bond motifs is 1. The number of piperazine rings is 1. The van der Waals surface area contributed by atoms with Crippen LogP contribution >= 0.6 is 0 Å². The summed E-state index contributed by atoms with van der Waals surface area (Å²) in [6, 6.07) is 14.1. The zero-order valence-corrected chi connectivity index (χ0v) is 17.7. The van der Waals surface area contributed by atoms with E-state index < -0.39 is 39.7 Å². The normalized spacial score (nSPS) is 15.1. The average molecular weight is 455 g/mol. The minimum atomic E-state index is -3.66. The Morgan fingerprint density at radius 1 is 0.906 bits per heavy atom. The summed E-state index contributed by atoms with van der Waals surface area (Å²) in [5.74, 6) is -2.02. The lowest BCUT2D eigenvalue weighted by atomic mass is 10.1. The van der Waals surface area contributed by atoms with Crippen molar-refractivity contribution in [2.45, 2.75) is 11.4 Å². The summed E-state index contributed by atoms with van der Waals surface area (Å²) in [6.07, 6.45) is 0. The third-order valence-corrected chi connectivity index (χ3v) is 7.23. The number of carbonyl (C=O) groups is 2. The summed E-state index contributed by atoms with van der Waals surface area (Å²) in [6.45, 7) is 0.0249. The number of benzene rings is 2. The van der Waals surface area contributed by atoms with Gasteiger partial charge >= 0.3 is 0 Å². The predicted molar refractivity (Wildman–Crippen MR) is 112 cm³/mol. The molecule has 1 aromatic heterocycles. The number of aromatic nitrogens is 2. The summed E-state index contributed by atoms with van der Waals surface area (Å²) in [7, 11) is -3.66. The number of hydrogen-bond donors (Lipinski definition) is 0. The third-order valence-electron chi connectivity index (χ3n) is 5.32. The van der Waals surface area contributed by atoms with Crippen molar-refractivity contribution in [3.8, 4) is 0 Å². The molecule has 1 aliphatic rings. The van der Waals surface area contributed by atoms with Gasteiger partial charge in [-0.3, -0.25) is 9.59 Å². The highest BCUT2D eigenvalue weighted by Gasteiger charge is 2.30. The van der Waals surface area contributed by atoms with E-state index in [-0.39, 0.29) is 41.8 Å². The fraction of sp³-hybridized carbons (Fsp3) is 0.238.